The number of benzene rings is 1. The van der Waals surface area contributed by atoms with Crippen molar-refractivity contribution in [2.45, 2.75) is 38.6 Å². The molecular formula is C19H30N3O2+. The Balaban J connectivity index is 1.84. The summed E-state index contributed by atoms with van der Waals surface area (Å²) in [7, 11) is 3.68. The van der Waals surface area contributed by atoms with Crippen LogP contribution in [-0.4, -0.2) is 50.4 Å². The fraction of sp³-hybridized carbons (Fsp3) is 0.579. The van der Waals surface area contributed by atoms with Gasteiger partial charge in [0.2, 0.25) is 0 Å². The standard InChI is InChI=1S/C19H29N3O2/c1-20-19(24)17-10-8-16(9-11-17)14-21(2)15-18(23)22-12-6-4-3-5-7-13-22/h8-11H,3-7,12-15H2,1-2H3,(H,20,24)/p+1. The molecule has 2 rings (SSSR count). The fourth-order valence-electron chi connectivity index (χ4n) is 3.20. The van der Waals surface area contributed by atoms with Gasteiger partial charge in [-0.25, -0.2) is 0 Å². The molecule has 2 amide bonds. The maximum absolute atomic E-state index is 12.5. The molecule has 1 aromatic rings. The van der Waals surface area contributed by atoms with E-state index in [0.717, 1.165) is 38.0 Å². The van der Waals surface area contributed by atoms with Crippen molar-refractivity contribution < 1.29 is 14.5 Å². The first kappa shape index (κ1) is 18.5. The molecule has 1 aromatic carbocycles. The summed E-state index contributed by atoms with van der Waals surface area (Å²) < 4.78 is 0. The van der Waals surface area contributed by atoms with E-state index in [1.165, 1.54) is 24.2 Å². The molecule has 1 atom stereocenters. The Morgan fingerprint density at radius 3 is 2.21 bits per heavy atom. The summed E-state index contributed by atoms with van der Waals surface area (Å²) in [5.41, 5.74) is 1.80. The molecule has 0 aliphatic carbocycles. The Hall–Kier alpha value is -1.88. The van der Waals surface area contributed by atoms with Crippen molar-refractivity contribution in [2.75, 3.05) is 33.7 Å². The number of quaternary nitrogens is 1. The molecular weight excluding hydrogens is 302 g/mol. The quantitative estimate of drug-likeness (QED) is 0.840. The molecule has 1 unspecified atom stereocenters. The van der Waals surface area contributed by atoms with Gasteiger partial charge in [-0.05, 0) is 25.0 Å². The number of likely N-dealkylation sites (N-methyl/N-ethyl adjacent to an activating group) is 1. The number of hydrogen-bond donors (Lipinski definition) is 2. The van der Waals surface area contributed by atoms with E-state index in [1.54, 1.807) is 7.05 Å². The van der Waals surface area contributed by atoms with Gasteiger partial charge in [-0.15, -0.1) is 0 Å². The van der Waals surface area contributed by atoms with Gasteiger partial charge in [0, 0.05) is 31.3 Å². The van der Waals surface area contributed by atoms with Gasteiger partial charge in [-0.2, -0.15) is 0 Å². The third-order valence-electron chi connectivity index (χ3n) is 4.61. The zero-order valence-electron chi connectivity index (χ0n) is 14.9. The zero-order valence-corrected chi connectivity index (χ0v) is 14.9. The number of amides is 2. The number of nitrogens with zero attached hydrogens (tertiary/aromatic N) is 1. The van der Waals surface area contributed by atoms with Gasteiger partial charge in [0.25, 0.3) is 11.8 Å². The van der Waals surface area contributed by atoms with Crippen molar-refractivity contribution in [1.29, 1.82) is 0 Å². The number of rotatable bonds is 5. The van der Waals surface area contributed by atoms with Crippen molar-refractivity contribution in [3.05, 3.63) is 35.4 Å². The van der Waals surface area contributed by atoms with Crippen LogP contribution < -0.4 is 10.2 Å². The summed E-state index contributed by atoms with van der Waals surface area (Å²) in [5, 5.41) is 2.62. The zero-order chi connectivity index (χ0) is 17.4. The molecule has 5 nitrogen and oxygen atoms in total. The number of likely N-dealkylation sites (tertiary alicyclic amines) is 1. The lowest BCUT2D eigenvalue weighted by molar-refractivity contribution is -0.885. The minimum absolute atomic E-state index is 0.0745. The first-order valence-electron chi connectivity index (χ1n) is 9.00. The van der Waals surface area contributed by atoms with Crippen LogP contribution in [0.3, 0.4) is 0 Å². The van der Waals surface area contributed by atoms with Crippen LogP contribution in [0.5, 0.6) is 0 Å². The highest BCUT2D eigenvalue weighted by Gasteiger charge is 2.18. The van der Waals surface area contributed by atoms with E-state index in [1.807, 2.05) is 29.2 Å². The number of nitrogens with one attached hydrogen (secondary N) is 2. The largest absolute Gasteiger partial charge is 0.355 e. The molecule has 2 N–H and O–H groups in total. The maximum Gasteiger partial charge on any atom is 0.277 e. The highest BCUT2D eigenvalue weighted by molar-refractivity contribution is 5.93. The summed E-state index contributed by atoms with van der Waals surface area (Å²) in [5.74, 6) is 0.186. The van der Waals surface area contributed by atoms with Gasteiger partial charge in [0.1, 0.15) is 6.54 Å². The second-order valence-electron chi connectivity index (χ2n) is 6.74. The first-order chi connectivity index (χ1) is 11.6. The van der Waals surface area contributed by atoms with Crippen LogP contribution >= 0.6 is 0 Å². The third-order valence-corrected chi connectivity index (χ3v) is 4.61. The molecule has 0 saturated carbocycles. The highest BCUT2D eigenvalue weighted by atomic mass is 16.2. The number of carbonyl (C=O) groups excluding carboxylic acids is 2. The van der Waals surface area contributed by atoms with E-state index in [4.69, 9.17) is 0 Å². The molecule has 24 heavy (non-hydrogen) atoms. The molecule has 5 heteroatoms. The molecule has 1 aliphatic heterocycles. The normalized spacial score (nSPS) is 16.8. The van der Waals surface area contributed by atoms with E-state index in [9.17, 15) is 9.59 Å². The van der Waals surface area contributed by atoms with Crippen molar-refractivity contribution in [2.24, 2.45) is 0 Å². The van der Waals surface area contributed by atoms with Crippen LogP contribution in [0.1, 0.15) is 48.0 Å². The van der Waals surface area contributed by atoms with E-state index in [0.29, 0.717) is 12.1 Å². The predicted molar refractivity (Wildman–Crippen MR) is 95.0 cm³/mol. The Labute approximate surface area is 145 Å². The molecule has 1 saturated heterocycles. The highest BCUT2D eigenvalue weighted by Crippen LogP contribution is 2.10. The SMILES string of the molecule is CNC(=O)c1ccc(C[NH+](C)CC(=O)N2CCCCCCC2)cc1. The molecule has 0 radical (unpaired) electrons. The Morgan fingerprint density at radius 2 is 1.62 bits per heavy atom. The topological polar surface area (TPSA) is 53.9 Å². The Bertz CT molecular complexity index is 534. The fourth-order valence-corrected chi connectivity index (χ4v) is 3.20. The van der Waals surface area contributed by atoms with Gasteiger partial charge >= 0.3 is 0 Å². The van der Waals surface area contributed by atoms with E-state index in [2.05, 4.69) is 12.4 Å². The minimum atomic E-state index is -0.0745. The second-order valence-corrected chi connectivity index (χ2v) is 6.74. The second kappa shape index (κ2) is 9.42. The molecule has 1 fully saturated rings. The lowest BCUT2D eigenvalue weighted by Crippen LogP contribution is -3.08. The Kier molecular flexibility index (Phi) is 7.25. The van der Waals surface area contributed by atoms with E-state index in [-0.39, 0.29) is 11.8 Å². The minimum Gasteiger partial charge on any atom is -0.355 e. The van der Waals surface area contributed by atoms with Crippen LogP contribution in [0.15, 0.2) is 24.3 Å². The van der Waals surface area contributed by atoms with E-state index < -0.39 is 0 Å². The van der Waals surface area contributed by atoms with Crippen molar-refractivity contribution in [1.82, 2.24) is 10.2 Å². The molecule has 1 heterocycles. The average Bonchev–Trinajstić information content (AvgIpc) is 2.54. The van der Waals surface area contributed by atoms with Gasteiger partial charge in [0.15, 0.2) is 6.54 Å². The lowest BCUT2D eigenvalue weighted by atomic mass is 10.1. The smallest absolute Gasteiger partial charge is 0.277 e. The molecule has 0 spiro atoms. The van der Waals surface area contributed by atoms with Crippen LogP contribution in [0.4, 0.5) is 0 Å². The molecule has 132 valence electrons. The molecule has 0 aromatic heterocycles. The van der Waals surface area contributed by atoms with Gasteiger partial charge in [-0.3, -0.25) is 9.59 Å². The summed E-state index contributed by atoms with van der Waals surface area (Å²) in [6.07, 6.45) is 6.05. The lowest BCUT2D eigenvalue weighted by Gasteiger charge is -2.25. The molecule has 0 bridgehead atoms. The first-order valence-corrected chi connectivity index (χ1v) is 9.00. The van der Waals surface area contributed by atoms with Crippen molar-refractivity contribution in [3.8, 4) is 0 Å². The van der Waals surface area contributed by atoms with Gasteiger partial charge in [-0.1, -0.05) is 31.4 Å². The number of carbonyl (C=O) groups is 2. The van der Waals surface area contributed by atoms with Crippen LogP contribution in [0, 0.1) is 0 Å². The summed E-state index contributed by atoms with van der Waals surface area (Å²) in [6, 6.07) is 7.60. The maximum atomic E-state index is 12.5. The summed E-state index contributed by atoms with van der Waals surface area (Å²) in [6.45, 7) is 3.13. The number of hydrogen-bond acceptors (Lipinski definition) is 2. The van der Waals surface area contributed by atoms with Crippen LogP contribution in [-0.2, 0) is 11.3 Å². The Morgan fingerprint density at radius 1 is 1.04 bits per heavy atom. The van der Waals surface area contributed by atoms with Crippen LogP contribution in [0.2, 0.25) is 0 Å². The van der Waals surface area contributed by atoms with Gasteiger partial charge < -0.3 is 15.1 Å². The monoisotopic (exact) mass is 332 g/mol. The third kappa shape index (κ3) is 5.64. The summed E-state index contributed by atoms with van der Waals surface area (Å²) >= 11 is 0. The predicted octanol–water partition coefficient (Wildman–Crippen LogP) is 0.854. The molecule has 1 aliphatic rings. The summed E-state index contributed by atoms with van der Waals surface area (Å²) in [4.78, 5) is 27.3. The van der Waals surface area contributed by atoms with Crippen molar-refractivity contribution in [3.63, 3.8) is 0 Å². The van der Waals surface area contributed by atoms with Crippen LogP contribution in [0.25, 0.3) is 0 Å². The average molecular weight is 332 g/mol. The van der Waals surface area contributed by atoms with Gasteiger partial charge in [0.05, 0.1) is 7.05 Å². The van der Waals surface area contributed by atoms with Crippen molar-refractivity contribution >= 4 is 11.8 Å². The van der Waals surface area contributed by atoms with E-state index >= 15 is 0 Å².